The fraction of sp³-hybridized carbons (Fsp3) is 0.636. The first-order valence-corrected chi connectivity index (χ1v) is 17.0. The zero-order valence-electron chi connectivity index (χ0n) is 27.7. The maximum atomic E-state index is 13.3. The lowest BCUT2D eigenvalue weighted by Crippen LogP contribution is -2.43. The summed E-state index contributed by atoms with van der Waals surface area (Å²) in [6.45, 7) is 3.32. The van der Waals surface area contributed by atoms with E-state index in [1.807, 2.05) is 0 Å². The number of nitrogens with two attached hydrogens (primary N) is 1. The molecule has 2 aromatic rings. The highest BCUT2D eigenvalue weighted by Crippen LogP contribution is 2.33. The van der Waals surface area contributed by atoms with Gasteiger partial charge in [-0.1, -0.05) is 0 Å². The number of nitrogens with zero attached hydrogens (tertiary/aromatic N) is 3. The van der Waals surface area contributed by atoms with Crippen molar-refractivity contribution in [2.24, 2.45) is 11.7 Å². The van der Waals surface area contributed by atoms with Gasteiger partial charge in [-0.25, -0.2) is 9.97 Å². The van der Waals surface area contributed by atoms with Crippen LogP contribution >= 0.6 is 0 Å². The van der Waals surface area contributed by atoms with Gasteiger partial charge in [0.05, 0.1) is 11.1 Å². The summed E-state index contributed by atoms with van der Waals surface area (Å²) in [6.07, 6.45) is 2.30. The number of nitrogens with one attached hydrogen (secondary N) is 4. The van der Waals surface area contributed by atoms with Crippen molar-refractivity contribution in [3.8, 4) is 0 Å². The van der Waals surface area contributed by atoms with Gasteiger partial charge in [0.15, 0.2) is 0 Å². The third-order valence-corrected chi connectivity index (χ3v) is 8.80. The summed E-state index contributed by atoms with van der Waals surface area (Å²) < 4.78 is 45.2. The van der Waals surface area contributed by atoms with E-state index in [9.17, 15) is 32.3 Å². The minimum absolute atomic E-state index is 0.0108. The quantitative estimate of drug-likeness (QED) is 0.147. The van der Waals surface area contributed by atoms with Gasteiger partial charge in [-0.2, -0.15) is 13.2 Å². The summed E-state index contributed by atoms with van der Waals surface area (Å²) in [5.74, 6) is -0.521. The number of benzene rings is 1. The van der Waals surface area contributed by atoms with E-state index in [0.29, 0.717) is 83.4 Å². The lowest BCUT2D eigenvalue weighted by molar-refractivity contribution is -0.137. The molecule has 270 valence electrons. The maximum absolute atomic E-state index is 13.3. The van der Waals surface area contributed by atoms with E-state index < -0.39 is 17.8 Å². The van der Waals surface area contributed by atoms with Crippen molar-refractivity contribution in [3.63, 3.8) is 0 Å². The van der Waals surface area contributed by atoms with E-state index in [-0.39, 0.29) is 66.2 Å². The minimum atomic E-state index is -4.52. The second kappa shape index (κ2) is 18.6. The molecule has 2 heterocycles. The van der Waals surface area contributed by atoms with E-state index >= 15 is 0 Å². The summed E-state index contributed by atoms with van der Waals surface area (Å²) >= 11 is 0. The van der Waals surface area contributed by atoms with Gasteiger partial charge in [-0.15, -0.1) is 0 Å². The van der Waals surface area contributed by atoms with Gasteiger partial charge in [0, 0.05) is 69.6 Å². The molecule has 4 rings (SSSR count). The topological polar surface area (TPSA) is 181 Å². The zero-order chi connectivity index (χ0) is 35.2. The van der Waals surface area contributed by atoms with Crippen molar-refractivity contribution < 1.29 is 37.1 Å². The first-order chi connectivity index (χ1) is 23.5. The number of hydrogen-bond donors (Lipinski definition) is 5. The number of anilines is 1. The van der Waals surface area contributed by atoms with Gasteiger partial charge in [0.2, 0.25) is 23.6 Å². The Labute approximate surface area is 283 Å². The van der Waals surface area contributed by atoms with Crippen molar-refractivity contribution in [2.75, 3.05) is 51.3 Å². The number of ether oxygens (including phenoxy) is 1. The molecule has 1 atom stereocenters. The molecule has 2 fully saturated rings. The van der Waals surface area contributed by atoms with Gasteiger partial charge < -0.3 is 36.6 Å². The predicted molar refractivity (Wildman–Crippen MR) is 176 cm³/mol. The Hall–Kier alpha value is -4.05. The van der Waals surface area contributed by atoms with Crippen molar-refractivity contribution >= 4 is 40.3 Å². The van der Waals surface area contributed by atoms with Crippen LogP contribution in [0.3, 0.4) is 0 Å². The van der Waals surface area contributed by atoms with Crippen LogP contribution in [0.25, 0.3) is 10.9 Å². The van der Waals surface area contributed by atoms with Gasteiger partial charge in [-0.3, -0.25) is 19.2 Å². The Morgan fingerprint density at radius 1 is 0.939 bits per heavy atom. The highest BCUT2D eigenvalue weighted by molar-refractivity contribution is 5.93. The molecule has 1 aromatic carbocycles. The molecule has 4 amide bonds. The number of halogens is 3. The maximum Gasteiger partial charge on any atom is 0.416 e. The summed E-state index contributed by atoms with van der Waals surface area (Å²) in [4.78, 5) is 59.9. The second-order valence-corrected chi connectivity index (χ2v) is 12.5. The molecule has 1 aromatic heterocycles. The molecule has 2 aliphatic rings. The van der Waals surface area contributed by atoms with Crippen LogP contribution in [0.5, 0.6) is 0 Å². The number of amides is 4. The van der Waals surface area contributed by atoms with Gasteiger partial charge >= 0.3 is 6.18 Å². The van der Waals surface area contributed by atoms with E-state index in [0.717, 1.165) is 25.0 Å². The standard InChI is InChI=1S/C33H47F3N8O5/c34-33(35,36)23-8-11-26-25(20-23)30(41-21-40-26)43-27-12-16-44(32(27)48)17-15-39-31(47)22-6-9-24(10-7-22)42-29(46)5-1-4-28(45)38-14-3-19-49-18-2-13-37/h8,11,20-22,24,27H,1-7,9-10,12-19,37H2,(H,38,45)(H,39,47)(H,42,46)(H,40,41,43)/t22?,24?,27-/m0/s1. The van der Waals surface area contributed by atoms with Crippen molar-refractivity contribution in [1.29, 1.82) is 0 Å². The molecule has 1 saturated carbocycles. The number of aromatic nitrogens is 2. The van der Waals surface area contributed by atoms with Gasteiger partial charge in [0.25, 0.3) is 0 Å². The Morgan fingerprint density at radius 3 is 2.45 bits per heavy atom. The number of fused-ring (bicyclic) bond motifs is 1. The zero-order valence-corrected chi connectivity index (χ0v) is 27.7. The Morgan fingerprint density at radius 2 is 1.69 bits per heavy atom. The molecule has 6 N–H and O–H groups in total. The van der Waals surface area contributed by atoms with Crippen LogP contribution in [0.4, 0.5) is 19.0 Å². The fourth-order valence-corrected chi connectivity index (χ4v) is 6.05. The molecular weight excluding hydrogens is 645 g/mol. The van der Waals surface area contributed by atoms with Crippen LogP contribution in [0, 0.1) is 5.92 Å². The molecule has 13 nitrogen and oxygen atoms in total. The van der Waals surface area contributed by atoms with Gasteiger partial charge in [0.1, 0.15) is 18.2 Å². The van der Waals surface area contributed by atoms with E-state index in [4.69, 9.17) is 10.5 Å². The Kier molecular flexibility index (Phi) is 14.4. The molecule has 0 bridgehead atoms. The van der Waals surface area contributed by atoms with Crippen molar-refractivity contribution in [3.05, 3.63) is 30.1 Å². The average molecular weight is 693 g/mol. The average Bonchev–Trinajstić information content (AvgIpc) is 3.42. The number of alkyl halides is 3. The number of hydrogen-bond acceptors (Lipinski definition) is 9. The number of likely N-dealkylation sites (tertiary alicyclic amines) is 1. The lowest BCUT2D eigenvalue weighted by atomic mass is 9.85. The number of rotatable bonds is 18. The Bertz CT molecular complexity index is 1420. The SMILES string of the molecule is NCCCOCCCNC(=O)CCCC(=O)NC1CCC(C(=O)NCCN2CC[C@H](Nc3ncnc4ccc(C(F)(F)F)cc34)C2=O)CC1. The van der Waals surface area contributed by atoms with E-state index in [1.165, 1.54) is 12.4 Å². The van der Waals surface area contributed by atoms with E-state index in [1.54, 1.807) is 4.90 Å². The highest BCUT2D eigenvalue weighted by Gasteiger charge is 2.34. The molecule has 0 unspecified atom stereocenters. The highest BCUT2D eigenvalue weighted by atomic mass is 19.4. The third-order valence-electron chi connectivity index (χ3n) is 8.80. The van der Waals surface area contributed by atoms with Crippen LogP contribution in [0.2, 0.25) is 0 Å². The fourth-order valence-electron chi connectivity index (χ4n) is 6.05. The molecular formula is C33H47F3N8O5. The third kappa shape index (κ3) is 11.8. The monoisotopic (exact) mass is 692 g/mol. The first-order valence-electron chi connectivity index (χ1n) is 17.0. The van der Waals surface area contributed by atoms with Crippen LogP contribution in [0.1, 0.15) is 69.8 Å². The summed E-state index contributed by atoms with van der Waals surface area (Å²) in [7, 11) is 0. The van der Waals surface area contributed by atoms with Gasteiger partial charge in [-0.05, 0) is 76.1 Å². The van der Waals surface area contributed by atoms with E-state index in [2.05, 4.69) is 31.2 Å². The van der Waals surface area contributed by atoms with Crippen LogP contribution in [-0.4, -0.2) is 96.5 Å². The first kappa shape index (κ1) is 37.8. The van der Waals surface area contributed by atoms with Crippen molar-refractivity contribution in [1.82, 2.24) is 30.8 Å². The molecule has 49 heavy (non-hydrogen) atoms. The van der Waals surface area contributed by atoms with Crippen LogP contribution < -0.4 is 27.0 Å². The van der Waals surface area contributed by atoms with Crippen molar-refractivity contribution in [2.45, 2.75) is 82.5 Å². The summed E-state index contributed by atoms with van der Waals surface area (Å²) in [5.41, 5.74) is 4.91. The van der Waals surface area contributed by atoms with Crippen LogP contribution in [0.15, 0.2) is 24.5 Å². The largest absolute Gasteiger partial charge is 0.416 e. The van der Waals surface area contributed by atoms with Crippen LogP contribution in [-0.2, 0) is 30.1 Å². The molecule has 0 spiro atoms. The second-order valence-electron chi connectivity index (χ2n) is 12.5. The summed E-state index contributed by atoms with van der Waals surface area (Å²) in [5, 5.41) is 11.9. The Balaban J connectivity index is 1.08. The predicted octanol–water partition coefficient (Wildman–Crippen LogP) is 2.49. The molecule has 0 radical (unpaired) electrons. The number of carbonyl (C=O) groups is 4. The minimum Gasteiger partial charge on any atom is -0.381 e. The molecule has 16 heteroatoms. The summed E-state index contributed by atoms with van der Waals surface area (Å²) in [6, 6.07) is 2.54. The number of carbonyl (C=O) groups excluding carboxylic acids is 4. The molecule has 1 aliphatic carbocycles. The normalized spacial score (nSPS) is 19.6. The molecule has 1 aliphatic heterocycles. The lowest BCUT2D eigenvalue weighted by Gasteiger charge is -2.28. The smallest absolute Gasteiger partial charge is 0.381 e. The molecule has 1 saturated heterocycles.